The van der Waals surface area contributed by atoms with Crippen LogP contribution in [-0.4, -0.2) is 65.2 Å². The highest BCUT2D eigenvalue weighted by Crippen LogP contribution is 2.20. The summed E-state index contributed by atoms with van der Waals surface area (Å²) >= 11 is 0. The lowest BCUT2D eigenvalue weighted by Crippen LogP contribution is -2.39. The number of rotatable bonds is 16. The fraction of sp³-hybridized carbons (Fsp3) is 0.952. The fourth-order valence-corrected chi connectivity index (χ4v) is 3.12. The molecule has 0 aromatic rings. The van der Waals surface area contributed by atoms with Crippen molar-refractivity contribution in [1.29, 1.82) is 0 Å². The summed E-state index contributed by atoms with van der Waals surface area (Å²) in [5.74, 6) is 0.844. The SMILES string of the molecule is CCCCOCCOCCNC(=NC)NCCCCCOC1CCCCC1.I. The first-order valence-corrected chi connectivity index (χ1v) is 11.1. The van der Waals surface area contributed by atoms with Gasteiger partial charge in [-0.3, -0.25) is 4.99 Å². The van der Waals surface area contributed by atoms with Gasteiger partial charge in [0, 0.05) is 33.4 Å². The predicted octanol–water partition coefficient (Wildman–Crippen LogP) is 4.12. The predicted molar refractivity (Wildman–Crippen MR) is 128 cm³/mol. The number of guanidine groups is 1. The van der Waals surface area contributed by atoms with E-state index in [1.54, 1.807) is 7.05 Å². The number of nitrogens with zero attached hydrogens (tertiary/aromatic N) is 1. The first-order valence-electron chi connectivity index (χ1n) is 11.1. The number of unbranched alkanes of at least 4 members (excludes halogenated alkanes) is 3. The standard InChI is InChI=1S/C21H43N3O3.HI/c1-3-4-15-25-18-19-26-17-14-24-21(22-2)23-13-9-6-10-16-27-20-11-7-5-8-12-20;/h20H,3-19H2,1-2H3,(H2,22,23,24);1H. The van der Waals surface area contributed by atoms with Crippen molar-refractivity contribution >= 4 is 29.9 Å². The summed E-state index contributed by atoms with van der Waals surface area (Å²) < 4.78 is 17.0. The number of nitrogens with one attached hydrogen (secondary N) is 2. The number of aliphatic imine (C=N–C) groups is 1. The van der Waals surface area contributed by atoms with Gasteiger partial charge >= 0.3 is 0 Å². The van der Waals surface area contributed by atoms with E-state index in [0.717, 1.165) is 51.5 Å². The Bertz CT molecular complexity index is 354. The van der Waals surface area contributed by atoms with Gasteiger partial charge in [0.1, 0.15) is 0 Å². The van der Waals surface area contributed by atoms with Gasteiger partial charge in [-0.25, -0.2) is 0 Å². The van der Waals surface area contributed by atoms with E-state index in [1.165, 1.54) is 44.9 Å². The smallest absolute Gasteiger partial charge is 0.191 e. The van der Waals surface area contributed by atoms with Crippen LogP contribution in [0, 0.1) is 0 Å². The zero-order valence-electron chi connectivity index (χ0n) is 18.2. The molecular weight excluding hydrogens is 469 g/mol. The Hall–Kier alpha value is -0.120. The molecule has 0 bridgehead atoms. The van der Waals surface area contributed by atoms with Crippen molar-refractivity contribution in [1.82, 2.24) is 10.6 Å². The molecule has 168 valence electrons. The Kier molecular flexibility index (Phi) is 21.5. The van der Waals surface area contributed by atoms with E-state index in [2.05, 4.69) is 22.5 Å². The molecule has 6 nitrogen and oxygen atoms in total. The molecule has 0 atom stereocenters. The van der Waals surface area contributed by atoms with E-state index >= 15 is 0 Å². The highest BCUT2D eigenvalue weighted by atomic mass is 127. The minimum absolute atomic E-state index is 0. The van der Waals surface area contributed by atoms with E-state index in [1.807, 2.05) is 0 Å². The summed E-state index contributed by atoms with van der Waals surface area (Å²) in [4.78, 5) is 4.24. The second kappa shape index (κ2) is 21.6. The molecular formula is C21H44IN3O3. The minimum Gasteiger partial charge on any atom is -0.379 e. The molecule has 0 radical (unpaired) electrons. The molecule has 0 unspecified atom stereocenters. The molecule has 0 aliphatic heterocycles. The van der Waals surface area contributed by atoms with Gasteiger partial charge in [0.25, 0.3) is 0 Å². The Morgan fingerprint density at radius 3 is 2.25 bits per heavy atom. The number of halogens is 1. The average molecular weight is 514 g/mol. The van der Waals surface area contributed by atoms with Gasteiger partial charge < -0.3 is 24.8 Å². The third-order valence-corrected chi connectivity index (χ3v) is 4.80. The van der Waals surface area contributed by atoms with Gasteiger partial charge in [-0.05, 0) is 38.5 Å². The Labute approximate surface area is 190 Å². The summed E-state index contributed by atoms with van der Waals surface area (Å²) in [5, 5.41) is 6.63. The highest BCUT2D eigenvalue weighted by molar-refractivity contribution is 14.0. The molecule has 1 rings (SSSR count). The van der Waals surface area contributed by atoms with Crippen LogP contribution in [0.15, 0.2) is 4.99 Å². The van der Waals surface area contributed by atoms with E-state index in [0.29, 0.717) is 25.9 Å². The summed E-state index contributed by atoms with van der Waals surface area (Å²) in [5.41, 5.74) is 0. The second-order valence-corrected chi connectivity index (χ2v) is 7.20. The normalized spacial score (nSPS) is 15.3. The Morgan fingerprint density at radius 2 is 1.54 bits per heavy atom. The number of hydrogen-bond donors (Lipinski definition) is 2. The van der Waals surface area contributed by atoms with Crippen LogP contribution < -0.4 is 10.6 Å². The molecule has 0 amide bonds. The summed E-state index contributed by atoms with van der Waals surface area (Å²) in [6, 6.07) is 0. The van der Waals surface area contributed by atoms with Crippen molar-refractivity contribution in [2.45, 2.75) is 77.2 Å². The molecule has 0 saturated heterocycles. The molecule has 1 fully saturated rings. The van der Waals surface area contributed by atoms with Crippen molar-refractivity contribution in [2.24, 2.45) is 4.99 Å². The van der Waals surface area contributed by atoms with Gasteiger partial charge in [-0.15, -0.1) is 24.0 Å². The van der Waals surface area contributed by atoms with Crippen molar-refractivity contribution in [3.63, 3.8) is 0 Å². The first-order chi connectivity index (χ1) is 13.4. The number of hydrogen-bond acceptors (Lipinski definition) is 4. The van der Waals surface area contributed by atoms with Crippen LogP contribution in [0.25, 0.3) is 0 Å². The van der Waals surface area contributed by atoms with Gasteiger partial charge in [0.15, 0.2) is 5.96 Å². The highest BCUT2D eigenvalue weighted by Gasteiger charge is 2.12. The van der Waals surface area contributed by atoms with Gasteiger partial charge in [0.05, 0.1) is 25.9 Å². The summed E-state index contributed by atoms with van der Waals surface area (Å²) in [7, 11) is 1.80. The first kappa shape index (κ1) is 27.9. The maximum Gasteiger partial charge on any atom is 0.191 e. The summed E-state index contributed by atoms with van der Waals surface area (Å²) in [6.07, 6.45) is 12.9. The Balaban J connectivity index is 0.00000729. The number of ether oxygens (including phenoxy) is 3. The third kappa shape index (κ3) is 16.8. The van der Waals surface area contributed by atoms with E-state index in [9.17, 15) is 0 Å². The fourth-order valence-electron chi connectivity index (χ4n) is 3.12. The second-order valence-electron chi connectivity index (χ2n) is 7.20. The lowest BCUT2D eigenvalue weighted by Gasteiger charge is -2.21. The van der Waals surface area contributed by atoms with Crippen LogP contribution in [0.3, 0.4) is 0 Å². The van der Waals surface area contributed by atoms with Crippen molar-refractivity contribution in [2.75, 3.05) is 53.2 Å². The lowest BCUT2D eigenvalue weighted by atomic mass is 9.98. The van der Waals surface area contributed by atoms with Crippen LogP contribution >= 0.6 is 24.0 Å². The molecule has 0 aromatic carbocycles. The topological polar surface area (TPSA) is 64.1 Å². The lowest BCUT2D eigenvalue weighted by molar-refractivity contribution is 0.0264. The van der Waals surface area contributed by atoms with Crippen LogP contribution in [0.4, 0.5) is 0 Å². The van der Waals surface area contributed by atoms with E-state index < -0.39 is 0 Å². The Morgan fingerprint density at radius 1 is 0.821 bits per heavy atom. The van der Waals surface area contributed by atoms with Gasteiger partial charge in [-0.1, -0.05) is 32.6 Å². The molecule has 0 spiro atoms. The molecule has 28 heavy (non-hydrogen) atoms. The molecule has 0 aromatic heterocycles. The maximum atomic E-state index is 5.97. The molecule has 2 N–H and O–H groups in total. The molecule has 7 heteroatoms. The molecule has 1 aliphatic carbocycles. The van der Waals surface area contributed by atoms with Crippen molar-refractivity contribution in [3.05, 3.63) is 0 Å². The third-order valence-electron chi connectivity index (χ3n) is 4.80. The zero-order valence-corrected chi connectivity index (χ0v) is 20.5. The molecule has 1 aliphatic rings. The van der Waals surface area contributed by atoms with Gasteiger partial charge in [0.2, 0.25) is 0 Å². The van der Waals surface area contributed by atoms with Crippen LogP contribution in [0.1, 0.15) is 71.1 Å². The summed E-state index contributed by atoms with van der Waals surface area (Å²) in [6.45, 7) is 7.60. The van der Waals surface area contributed by atoms with Gasteiger partial charge in [-0.2, -0.15) is 0 Å². The largest absolute Gasteiger partial charge is 0.379 e. The monoisotopic (exact) mass is 513 g/mol. The maximum absolute atomic E-state index is 5.97. The minimum atomic E-state index is 0. The van der Waals surface area contributed by atoms with Crippen molar-refractivity contribution < 1.29 is 14.2 Å². The van der Waals surface area contributed by atoms with E-state index in [4.69, 9.17) is 14.2 Å². The van der Waals surface area contributed by atoms with E-state index in [-0.39, 0.29) is 24.0 Å². The zero-order chi connectivity index (χ0) is 19.4. The average Bonchev–Trinajstić information content (AvgIpc) is 2.71. The quantitative estimate of drug-likeness (QED) is 0.141. The van der Waals surface area contributed by atoms with Crippen LogP contribution in [0.5, 0.6) is 0 Å². The van der Waals surface area contributed by atoms with Crippen LogP contribution in [-0.2, 0) is 14.2 Å². The molecule has 1 saturated carbocycles. The van der Waals surface area contributed by atoms with Crippen LogP contribution in [0.2, 0.25) is 0 Å². The molecule has 0 heterocycles. The van der Waals surface area contributed by atoms with Crippen molar-refractivity contribution in [3.8, 4) is 0 Å².